The maximum Gasteiger partial charge on any atom is 0.387 e. The van der Waals surface area contributed by atoms with Gasteiger partial charge in [-0.3, -0.25) is 9.80 Å². The summed E-state index contributed by atoms with van der Waals surface area (Å²) in [7, 11) is 0. The highest BCUT2D eigenvalue weighted by Gasteiger charge is 2.32. The lowest BCUT2D eigenvalue weighted by Gasteiger charge is -2.44. The number of aliphatic hydroxyl groups is 1. The third-order valence-corrected chi connectivity index (χ3v) is 5.42. The molecule has 1 heterocycles. The van der Waals surface area contributed by atoms with Crippen LogP contribution in [0.3, 0.4) is 0 Å². The molecule has 1 N–H and O–H groups in total. The molecule has 1 aliphatic heterocycles. The van der Waals surface area contributed by atoms with Crippen LogP contribution in [0.25, 0.3) is 0 Å². The Morgan fingerprint density at radius 1 is 1.12 bits per heavy atom. The Morgan fingerprint density at radius 2 is 1.84 bits per heavy atom. The van der Waals surface area contributed by atoms with Gasteiger partial charge in [-0.25, -0.2) is 0 Å². The summed E-state index contributed by atoms with van der Waals surface area (Å²) in [5.41, 5.74) is 1.10. The minimum atomic E-state index is -2.78. The summed E-state index contributed by atoms with van der Waals surface area (Å²) in [5.74, 6) is 0.197. The summed E-state index contributed by atoms with van der Waals surface area (Å²) in [4.78, 5) is 5.01. The second-order valence-corrected chi connectivity index (χ2v) is 7.10. The van der Waals surface area contributed by atoms with Crippen LogP contribution in [0.2, 0.25) is 0 Å². The first-order valence-electron chi connectivity index (χ1n) is 9.28. The monoisotopic (exact) mass is 354 g/mol. The molecule has 1 aliphatic carbocycles. The lowest BCUT2D eigenvalue weighted by atomic mass is 10.0. The minimum absolute atomic E-state index is 0.197. The molecule has 0 bridgehead atoms. The third kappa shape index (κ3) is 5.12. The highest BCUT2D eigenvalue weighted by atomic mass is 19.3. The van der Waals surface area contributed by atoms with E-state index in [2.05, 4.69) is 14.5 Å². The van der Waals surface area contributed by atoms with E-state index < -0.39 is 6.61 Å². The zero-order valence-corrected chi connectivity index (χ0v) is 14.6. The summed E-state index contributed by atoms with van der Waals surface area (Å²) < 4.78 is 28.8. The van der Waals surface area contributed by atoms with Gasteiger partial charge in [-0.1, -0.05) is 25.0 Å². The Hall–Kier alpha value is -1.24. The molecule has 1 atom stereocenters. The van der Waals surface area contributed by atoms with Gasteiger partial charge in [-0.15, -0.1) is 0 Å². The van der Waals surface area contributed by atoms with Crippen LogP contribution >= 0.6 is 0 Å². The number of aliphatic hydroxyl groups excluding tert-OH is 1. The Kier molecular flexibility index (Phi) is 6.62. The molecule has 1 aromatic rings. The van der Waals surface area contributed by atoms with E-state index in [1.807, 2.05) is 12.1 Å². The molecule has 2 aliphatic rings. The summed E-state index contributed by atoms with van der Waals surface area (Å²) in [5, 5.41) is 9.44. The van der Waals surface area contributed by atoms with E-state index in [-0.39, 0.29) is 12.4 Å². The fraction of sp³-hybridized carbons (Fsp3) is 0.684. The van der Waals surface area contributed by atoms with Crippen LogP contribution in [0.15, 0.2) is 24.3 Å². The van der Waals surface area contributed by atoms with Gasteiger partial charge in [0.2, 0.25) is 0 Å². The highest BCUT2D eigenvalue weighted by molar-refractivity contribution is 5.27. The predicted molar refractivity (Wildman–Crippen MR) is 92.8 cm³/mol. The van der Waals surface area contributed by atoms with Crippen LogP contribution in [-0.2, 0) is 6.54 Å². The van der Waals surface area contributed by atoms with Gasteiger partial charge in [-0.2, -0.15) is 8.78 Å². The molecule has 1 saturated carbocycles. The second kappa shape index (κ2) is 8.92. The first-order chi connectivity index (χ1) is 12.2. The number of benzene rings is 1. The van der Waals surface area contributed by atoms with Crippen molar-refractivity contribution in [3.63, 3.8) is 0 Å². The van der Waals surface area contributed by atoms with E-state index in [0.717, 1.165) is 38.2 Å². The molecule has 0 amide bonds. The van der Waals surface area contributed by atoms with Crippen molar-refractivity contribution in [3.05, 3.63) is 29.8 Å². The average molecular weight is 354 g/mol. The number of nitrogens with zero attached hydrogens (tertiary/aromatic N) is 2. The highest BCUT2D eigenvalue weighted by Crippen LogP contribution is 2.28. The summed E-state index contributed by atoms with van der Waals surface area (Å²) in [6, 6.07) is 7.99. The SMILES string of the molecule is OCC[C@H]1CN(Cc2ccc(OC(F)F)cc2)CCN1C1CCCC1. The zero-order valence-electron chi connectivity index (χ0n) is 14.6. The lowest BCUT2D eigenvalue weighted by molar-refractivity contribution is -0.0498. The van der Waals surface area contributed by atoms with Crippen LogP contribution in [0.4, 0.5) is 8.78 Å². The van der Waals surface area contributed by atoms with Gasteiger partial charge in [0.1, 0.15) is 5.75 Å². The van der Waals surface area contributed by atoms with Crippen molar-refractivity contribution in [2.24, 2.45) is 0 Å². The Bertz CT molecular complexity index is 521. The molecule has 140 valence electrons. The molecule has 0 radical (unpaired) electrons. The van der Waals surface area contributed by atoms with Crippen molar-refractivity contribution in [2.45, 2.75) is 57.3 Å². The number of halogens is 2. The summed E-state index contributed by atoms with van der Waals surface area (Å²) in [6.45, 7) is 1.24. The number of alkyl halides is 2. The van der Waals surface area contributed by atoms with E-state index in [1.165, 1.54) is 25.7 Å². The number of rotatable bonds is 7. The van der Waals surface area contributed by atoms with E-state index in [0.29, 0.717) is 12.1 Å². The molecule has 1 aromatic carbocycles. The largest absolute Gasteiger partial charge is 0.435 e. The van der Waals surface area contributed by atoms with Crippen LogP contribution in [-0.4, -0.2) is 59.8 Å². The van der Waals surface area contributed by atoms with Crippen molar-refractivity contribution in [1.29, 1.82) is 0 Å². The molecule has 6 heteroatoms. The van der Waals surface area contributed by atoms with E-state index in [1.54, 1.807) is 12.1 Å². The van der Waals surface area contributed by atoms with E-state index in [4.69, 9.17) is 0 Å². The van der Waals surface area contributed by atoms with Crippen molar-refractivity contribution in [1.82, 2.24) is 9.80 Å². The standard InChI is InChI=1S/C19H28F2N2O2/c20-19(21)25-18-7-5-15(6-8-18)13-22-10-11-23(16-3-1-2-4-16)17(14-22)9-12-24/h5-8,16-17,19,24H,1-4,9-14H2/t17-/m0/s1. The minimum Gasteiger partial charge on any atom is -0.435 e. The maximum atomic E-state index is 12.2. The summed E-state index contributed by atoms with van der Waals surface area (Å²) in [6.07, 6.45) is 6.03. The molecule has 25 heavy (non-hydrogen) atoms. The van der Waals surface area contributed by atoms with Crippen LogP contribution < -0.4 is 4.74 Å². The normalized spacial score (nSPS) is 23.4. The van der Waals surface area contributed by atoms with Gasteiger partial charge in [-0.05, 0) is 37.0 Å². The molecule has 0 unspecified atom stereocenters. The molecular weight excluding hydrogens is 326 g/mol. The average Bonchev–Trinajstić information content (AvgIpc) is 3.11. The lowest BCUT2D eigenvalue weighted by Crippen LogP contribution is -2.55. The topological polar surface area (TPSA) is 35.9 Å². The number of piperazine rings is 1. The van der Waals surface area contributed by atoms with Gasteiger partial charge in [0.15, 0.2) is 0 Å². The quantitative estimate of drug-likeness (QED) is 0.816. The van der Waals surface area contributed by atoms with Crippen LogP contribution in [0.5, 0.6) is 5.75 Å². The van der Waals surface area contributed by atoms with Gasteiger partial charge < -0.3 is 9.84 Å². The van der Waals surface area contributed by atoms with Gasteiger partial charge in [0.25, 0.3) is 0 Å². The maximum absolute atomic E-state index is 12.2. The molecular formula is C19H28F2N2O2. The van der Waals surface area contributed by atoms with E-state index in [9.17, 15) is 13.9 Å². The Labute approximate surface area is 148 Å². The summed E-state index contributed by atoms with van der Waals surface area (Å²) >= 11 is 0. The number of hydrogen-bond donors (Lipinski definition) is 1. The first kappa shape index (κ1) is 18.5. The fourth-order valence-electron chi connectivity index (χ4n) is 4.23. The predicted octanol–water partition coefficient (Wildman–Crippen LogP) is 3.10. The van der Waals surface area contributed by atoms with Gasteiger partial charge in [0.05, 0.1) is 0 Å². The molecule has 3 rings (SSSR count). The van der Waals surface area contributed by atoms with Gasteiger partial charge >= 0.3 is 6.61 Å². The molecule has 1 saturated heterocycles. The van der Waals surface area contributed by atoms with E-state index >= 15 is 0 Å². The molecule has 0 spiro atoms. The number of ether oxygens (including phenoxy) is 1. The second-order valence-electron chi connectivity index (χ2n) is 7.10. The Morgan fingerprint density at radius 3 is 2.48 bits per heavy atom. The van der Waals surface area contributed by atoms with Crippen LogP contribution in [0, 0.1) is 0 Å². The van der Waals surface area contributed by atoms with Gasteiger partial charge in [0, 0.05) is 44.9 Å². The van der Waals surface area contributed by atoms with Crippen molar-refractivity contribution in [3.8, 4) is 5.75 Å². The molecule has 2 fully saturated rings. The first-order valence-corrected chi connectivity index (χ1v) is 9.28. The van der Waals surface area contributed by atoms with Crippen LogP contribution in [0.1, 0.15) is 37.7 Å². The Balaban J connectivity index is 1.56. The van der Waals surface area contributed by atoms with Crippen molar-refractivity contribution in [2.75, 3.05) is 26.2 Å². The fourth-order valence-corrected chi connectivity index (χ4v) is 4.23. The third-order valence-electron chi connectivity index (χ3n) is 5.42. The van der Waals surface area contributed by atoms with Crippen molar-refractivity contribution < 1.29 is 18.6 Å². The molecule has 4 nitrogen and oxygen atoms in total. The molecule has 0 aromatic heterocycles. The smallest absolute Gasteiger partial charge is 0.387 e. The zero-order chi connectivity index (χ0) is 17.6. The number of hydrogen-bond acceptors (Lipinski definition) is 4. The van der Waals surface area contributed by atoms with Crippen molar-refractivity contribution >= 4 is 0 Å².